The van der Waals surface area contributed by atoms with Gasteiger partial charge in [-0.25, -0.2) is 9.97 Å². The fourth-order valence-electron chi connectivity index (χ4n) is 3.95. The number of hydrogen-bond acceptors (Lipinski definition) is 6. The highest BCUT2D eigenvalue weighted by atomic mass is 32.1. The molecule has 0 bridgehead atoms. The standard InChI is InChI=1S/C22H27N5O2S/c1-14-11-15(2)27(26-14)19(12-20(28)29)22-25-18(13-30-22)7-3-6-17-9-8-16-5-4-10-23-21(16)24-17/h8-9,11,13,19H,3-7,10,12H2,1-2H3,(H,23,24)(H,28,29). The summed E-state index contributed by atoms with van der Waals surface area (Å²) in [6, 6.07) is 5.91. The first-order chi connectivity index (χ1) is 14.5. The first-order valence-corrected chi connectivity index (χ1v) is 11.3. The number of nitrogens with zero attached hydrogens (tertiary/aromatic N) is 4. The van der Waals surface area contributed by atoms with E-state index in [0.29, 0.717) is 0 Å². The Morgan fingerprint density at radius 2 is 2.10 bits per heavy atom. The van der Waals surface area contributed by atoms with Crippen molar-refractivity contribution in [3.63, 3.8) is 0 Å². The van der Waals surface area contributed by atoms with Gasteiger partial charge in [0.15, 0.2) is 0 Å². The van der Waals surface area contributed by atoms with Crippen LogP contribution in [0.5, 0.6) is 0 Å². The van der Waals surface area contributed by atoms with Gasteiger partial charge in [-0.2, -0.15) is 5.10 Å². The highest BCUT2D eigenvalue weighted by molar-refractivity contribution is 7.09. The van der Waals surface area contributed by atoms with Crippen LogP contribution in [0.4, 0.5) is 5.82 Å². The zero-order valence-corrected chi connectivity index (χ0v) is 18.2. The van der Waals surface area contributed by atoms with Crippen LogP contribution in [0.25, 0.3) is 0 Å². The second kappa shape index (κ2) is 8.95. The summed E-state index contributed by atoms with van der Waals surface area (Å²) in [6.45, 7) is 4.86. The summed E-state index contributed by atoms with van der Waals surface area (Å²) in [7, 11) is 0. The van der Waals surface area contributed by atoms with Crippen LogP contribution in [-0.2, 0) is 24.1 Å². The van der Waals surface area contributed by atoms with Crippen LogP contribution in [0.1, 0.15) is 58.7 Å². The summed E-state index contributed by atoms with van der Waals surface area (Å²) in [5.41, 5.74) is 5.24. The van der Waals surface area contributed by atoms with E-state index in [9.17, 15) is 9.90 Å². The number of fused-ring (bicyclic) bond motifs is 1. The van der Waals surface area contributed by atoms with Crippen molar-refractivity contribution in [1.82, 2.24) is 19.7 Å². The highest BCUT2D eigenvalue weighted by Crippen LogP contribution is 2.27. The second-order valence-corrected chi connectivity index (χ2v) is 8.75. The van der Waals surface area contributed by atoms with Crippen LogP contribution >= 0.6 is 11.3 Å². The molecule has 0 aliphatic carbocycles. The maximum atomic E-state index is 11.4. The Morgan fingerprint density at radius 3 is 2.87 bits per heavy atom. The van der Waals surface area contributed by atoms with Gasteiger partial charge in [-0.15, -0.1) is 11.3 Å². The zero-order valence-electron chi connectivity index (χ0n) is 17.4. The first-order valence-electron chi connectivity index (χ1n) is 10.4. The van der Waals surface area contributed by atoms with E-state index in [1.165, 1.54) is 23.3 Å². The Bertz CT molecular complexity index is 1040. The number of hydrogen-bond donors (Lipinski definition) is 2. The van der Waals surface area contributed by atoms with E-state index in [0.717, 1.165) is 65.8 Å². The number of carbonyl (C=O) groups is 1. The molecule has 30 heavy (non-hydrogen) atoms. The molecule has 0 amide bonds. The molecule has 1 unspecified atom stereocenters. The van der Waals surface area contributed by atoms with E-state index < -0.39 is 5.97 Å². The van der Waals surface area contributed by atoms with Gasteiger partial charge in [-0.3, -0.25) is 9.48 Å². The summed E-state index contributed by atoms with van der Waals surface area (Å²) in [5.74, 6) is 0.187. The monoisotopic (exact) mass is 425 g/mol. The molecule has 0 fully saturated rings. The molecular formula is C22H27N5O2S. The summed E-state index contributed by atoms with van der Waals surface area (Å²) in [5, 5.41) is 20.1. The number of rotatable bonds is 8. The van der Waals surface area contributed by atoms with E-state index >= 15 is 0 Å². The number of anilines is 1. The maximum absolute atomic E-state index is 11.4. The Morgan fingerprint density at radius 1 is 1.27 bits per heavy atom. The first kappa shape index (κ1) is 20.5. The normalized spacial score (nSPS) is 14.2. The van der Waals surface area contributed by atoms with Gasteiger partial charge in [-0.1, -0.05) is 6.07 Å². The van der Waals surface area contributed by atoms with Crippen LogP contribution in [-0.4, -0.2) is 37.4 Å². The fourth-order valence-corrected chi connectivity index (χ4v) is 4.89. The van der Waals surface area contributed by atoms with Crippen LogP contribution in [0.2, 0.25) is 0 Å². The lowest BCUT2D eigenvalue weighted by Crippen LogP contribution is -2.17. The van der Waals surface area contributed by atoms with Crippen LogP contribution in [0.3, 0.4) is 0 Å². The molecule has 8 heteroatoms. The lowest BCUT2D eigenvalue weighted by Gasteiger charge is -2.17. The molecule has 0 spiro atoms. The van der Waals surface area contributed by atoms with Gasteiger partial charge in [-0.05, 0) is 63.6 Å². The van der Waals surface area contributed by atoms with Crippen molar-refractivity contribution in [1.29, 1.82) is 0 Å². The third-order valence-corrected chi connectivity index (χ3v) is 6.37. The largest absolute Gasteiger partial charge is 0.481 e. The Labute approximate surface area is 180 Å². The van der Waals surface area contributed by atoms with Crippen molar-refractivity contribution in [3.05, 3.63) is 56.9 Å². The molecule has 1 atom stereocenters. The average molecular weight is 426 g/mol. The van der Waals surface area contributed by atoms with Gasteiger partial charge >= 0.3 is 5.97 Å². The van der Waals surface area contributed by atoms with Crippen molar-refractivity contribution in [2.24, 2.45) is 0 Å². The minimum absolute atomic E-state index is 0.0268. The average Bonchev–Trinajstić information content (AvgIpc) is 3.32. The predicted molar refractivity (Wildman–Crippen MR) is 117 cm³/mol. The predicted octanol–water partition coefficient (Wildman–Crippen LogP) is 3.95. The van der Waals surface area contributed by atoms with E-state index in [2.05, 4.69) is 22.5 Å². The number of carboxylic acid groups (broad SMARTS) is 1. The Kier molecular flexibility index (Phi) is 6.13. The molecule has 4 heterocycles. The molecule has 3 aromatic rings. The fraction of sp³-hybridized carbons (Fsp3) is 0.455. The summed E-state index contributed by atoms with van der Waals surface area (Å²) < 4.78 is 1.79. The maximum Gasteiger partial charge on any atom is 0.305 e. The lowest BCUT2D eigenvalue weighted by molar-refractivity contribution is -0.137. The molecule has 0 aromatic carbocycles. The molecule has 3 aromatic heterocycles. The number of aromatic nitrogens is 4. The highest BCUT2D eigenvalue weighted by Gasteiger charge is 2.23. The lowest BCUT2D eigenvalue weighted by atomic mass is 10.1. The van der Waals surface area contributed by atoms with Crippen LogP contribution in [0, 0.1) is 13.8 Å². The molecule has 0 saturated heterocycles. The van der Waals surface area contributed by atoms with E-state index in [-0.39, 0.29) is 12.5 Å². The Hall–Kier alpha value is -2.74. The van der Waals surface area contributed by atoms with Gasteiger partial charge in [0.05, 0.1) is 17.8 Å². The second-order valence-electron chi connectivity index (χ2n) is 7.86. The summed E-state index contributed by atoms with van der Waals surface area (Å²) >= 11 is 1.52. The smallest absolute Gasteiger partial charge is 0.305 e. The van der Waals surface area contributed by atoms with Crippen molar-refractivity contribution in [2.75, 3.05) is 11.9 Å². The number of carboxylic acids is 1. The van der Waals surface area contributed by atoms with Crippen LogP contribution in [0.15, 0.2) is 23.6 Å². The van der Waals surface area contributed by atoms with Gasteiger partial charge in [0.1, 0.15) is 16.9 Å². The van der Waals surface area contributed by atoms with Gasteiger partial charge < -0.3 is 10.4 Å². The zero-order chi connectivity index (χ0) is 21.1. The van der Waals surface area contributed by atoms with E-state index in [1.54, 1.807) is 4.68 Å². The molecular weight excluding hydrogens is 398 g/mol. The SMILES string of the molecule is Cc1cc(C)n(C(CC(=O)O)c2nc(CCCc3ccc4c(n3)NCCC4)cs2)n1. The third kappa shape index (κ3) is 4.70. The molecule has 4 rings (SSSR count). The van der Waals surface area contributed by atoms with Crippen molar-refractivity contribution in [3.8, 4) is 0 Å². The molecule has 0 saturated carbocycles. The van der Waals surface area contributed by atoms with Crippen molar-refractivity contribution >= 4 is 23.1 Å². The van der Waals surface area contributed by atoms with Crippen molar-refractivity contribution < 1.29 is 9.90 Å². The quantitative estimate of drug-likeness (QED) is 0.568. The molecule has 1 aliphatic rings. The Balaban J connectivity index is 1.41. The third-order valence-electron chi connectivity index (χ3n) is 5.38. The number of nitrogens with one attached hydrogen (secondary N) is 1. The molecule has 0 radical (unpaired) electrons. The molecule has 158 valence electrons. The number of aliphatic carboxylic acids is 1. The summed E-state index contributed by atoms with van der Waals surface area (Å²) in [4.78, 5) is 20.9. The number of aryl methyl sites for hydroxylation is 5. The number of pyridine rings is 1. The summed E-state index contributed by atoms with van der Waals surface area (Å²) in [6.07, 6.45) is 4.95. The van der Waals surface area contributed by atoms with Gasteiger partial charge in [0.2, 0.25) is 0 Å². The van der Waals surface area contributed by atoms with E-state index in [1.807, 2.05) is 25.3 Å². The minimum Gasteiger partial charge on any atom is -0.481 e. The number of thiazole rings is 1. The van der Waals surface area contributed by atoms with Crippen LogP contribution < -0.4 is 5.32 Å². The topological polar surface area (TPSA) is 92.9 Å². The van der Waals surface area contributed by atoms with Crippen molar-refractivity contribution in [2.45, 2.75) is 58.4 Å². The molecule has 7 nitrogen and oxygen atoms in total. The van der Waals surface area contributed by atoms with Gasteiger partial charge in [0.25, 0.3) is 0 Å². The van der Waals surface area contributed by atoms with E-state index in [4.69, 9.17) is 9.97 Å². The molecule has 1 aliphatic heterocycles. The van der Waals surface area contributed by atoms with Gasteiger partial charge in [0, 0.05) is 23.3 Å². The molecule has 2 N–H and O–H groups in total. The minimum atomic E-state index is -0.851.